The first kappa shape index (κ1) is 21.7. The van der Waals surface area contributed by atoms with Gasteiger partial charge in [0, 0.05) is 43.6 Å². The summed E-state index contributed by atoms with van der Waals surface area (Å²) in [6.45, 7) is 5.57. The van der Waals surface area contributed by atoms with E-state index in [9.17, 15) is 8.42 Å². The Morgan fingerprint density at radius 1 is 0.938 bits per heavy atom. The topological polar surface area (TPSA) is 102 Å². The molecule has 1 aliphatic heterocycles. The summed E-state index contributed by atoms with van der Waals surface area (Å²) in [4.78, 5) is 11.5. The van der Waals surface area contributed by atoms with Gasteiger partial charge in [0.2, 0.25) is 16.0 Å². The number of aryl methyl sites for hydroxylation is 2. The molecule has 4 rings (SSSR count). The molecule has 8 nitrogen and oxygen atoms in total. The van der Waals surface area contributed by atoms with Crippen molar-refractivity contribution < 1.29 is 8.42 Å². The number of sulfonamides is 1. The van der Waals surface area contributed by atoms with E-state index in [0.29, 0.717) is 48.4 Å². The highest BCUT2D eigenvalue weighted by Crippen LogP contribution is 2.22. The normalized spacial score (nSPS) is 14.7. The van der Waals surface area contributed by atoms with Gasteiger partial charge in [0.25, 0.3) is 0 Å². The number of nitrogens with zero attached hydrogens (tertiary/aromatic N) is 5. The molecule has 3 aromatic rings. The van der Waals surface area contributed by atoms with Crippen molar-refractivity contribution in [3.8, 4) is 6.07 Å². The molecule has 1 aliphatic rings. The number of aromatic nitrogens is 2. The van der Waals surface area contributed by atoms with Crippen LogP contribution in [0.3, 0.4) is 0 Å². The number of nitriles is 1. The number of anilines is 3. The van der Waals surface area contributed by atoms with Gasteiger partial charge < -0.3 is 10.2 Å². The minimum atomic E-state index is -3.52. The maximum absolute atomic E-state index is 12.9. The Kier molecular flexibility index (Phi) is 6.08. The molecule has 0 spiro atoms. The van der Waals surface area contributed by atoms with Crippen LogP contribution in [0.25, 0.3) is 0 Å². The monoisotopic (exact) mass is 448 g/mol. The largest absolute Gasteiger partial charge is 0.340 e. The Hall–Kier alpha value is -3.48. The highest BCUT2D eigenvalue weighted by Gasteiger charge is 2.29. The minimum absolute atomic E-state index is 0.317. The predicted molar refractivity (Wildman–Crippen MR) is 123 cm³/mol. The smallest absolute Gasteiger partial charge is 0.243 e. The van der Waals surface area contributed by atoms with Crippen LogP contribution in [0.15, 0.2) is 59.5 Å². The van der Waals surface area contributed by atoms with Crippen molar-refractivity contribution in [3.63, 3.8) is 0 Å². The van der Waals surface area contributed by atoms with Gasteiger partial charge in [-0.05, 0) is 50.2 Å². The van der Waals surface area contributed by atoms with Crippen LogP contribution in [0, 0.1) is 25.2 Å². The van der Waals surface area contributed by atoms with Gasteiger partial charge in [-0.1, -0.05) is 17.7 Å². The summed E-state index contributed by atoms with van der Waals surface area (Å²) in [5, 5.41) is 12.2. The van der Waals surface area contributed by atoms with Crippen LogP contribution < -0.4 is 10.2 Å². The molecule has 0 radical (unpaired) electrons. The number of nitrogens with one attached hydrogen (secondary N) is 1. The number of hydrogen-bond donors (Lipinski definition) is 1. The first-order valence-corrected chi connectivity index (χ1v) is 11.7. The van der Waals surface area contributed by atoms with Crippen molar-refractivity contribution in [1.29, 1.82) is 5.26 Å². The SMILES string of the molecule is Cc1ccc(S(=O)(=O)N2CCN(c3nc(C)cc(Nc4ccc(C#N)cc4)n3)CC2)cc1. The highest BCUT2D eigenvalue weighted by molar-refractivity contribution is 7.89. The maximum atomic E-state index is 12.9. The maximum Gasteiger partial charge on any atom is 0.243 e. The zero-order valence-electron chi connectivity index (χ0n) is 18.0. The fraction of sp³-hybridized carbons (Fsp3) is 0.261. The fourth-order valence-corrected chi connectivity index (χ4v) is 4.94. The standard InChI is InChI=1S/C23H24N6O2S/c1-17-3-9-21(10-4-17)32(30,31)29-13-11-28(12-14-29)23-25-18(2)15-22(27-23)26-20-7-5-19(16-24)6-8-20/h3-10,15H,11-14H2,1-2H3,(H,25,26,27). The van der Waals surface area contributed by atoms with Gasteiger partial charge >= 0.3 is 0 Å². The molecule has 0 aliphatic carbocycles. The van der Waals surface area contributed by atoms with Crippen LogP contribution in [0.1, 0.15) is 16.8 Å². The summed E-state index contributed by atoms with van der Waals surface area (Å²) in [7, 11) is -3.52. The van der Waals surface area contributed by atoms with Crippen LogP contribution in [0.5, 0.6) is 0 Å². The van der Waals surface area contributed by atoms with E-state index in [4.69, 9.17) is 5.26 Å². The number of hydrogen-bond acceptors (Lipinski definition) is 7. The van der Waals surface area contributed by atoms with E-state index in [1.807, 2.05) is 49.1 Å². The molecule has 9 heteroatoms. The molecule has 1 aromatic heterocycles. The van der Waals surface area contributed by atoms with E-state index in [0.717, 1.165) is 16.9 Å². The lowest BCUT2D eigenvalue weighted by atomic mass is 10.2. The lowest BCUT2D eigenvalue weighted by Crippen LogP contribution is -2.49. The molecule has 164 valence electrons. The second-order valence-electron chi connectivity index (χ2n) is 7.71. The van der Waals surface area contributed by atoms with Gasteiger partial charge in [-0.25, -0.2) is 13.4 Å². The van der Waals surface area contributed by atoms with Crippen molar-refractivity contribution in [2.24, 2.45) is 0 Å². The van der Waals surface area contributed by atoms with Crippen LogP contribution in [-0.2, 0) is 10.0 Å². The second-order valence-corrected chi connectivity index (χ2v) is 9.65. The zero-order valence-corrected chi connectivity index (χ0v) is 18.8. The van der Waals surface area contributed by atoms with Crippen molar-refractivity contribution in [3.05, 3.63) is 71.4 Å². The molecule has 2 heterocycles. The molecule has 0 bridgehead atoms. The van der Waals surface area contributed by atoms with E-state index in [2.05, 4.69) is 21.4 Å². The number of piperazine rings is 1. The summed E-state index contributed by atoms with van der Waals surface area (Å²) >= 11 is 0. The fourth-order valence-electron chi connectivity index (χ4n) is 3.52. The van der Waals surface area contributed by atoms with E-state index in [-0.39, 0.29) is 0 Å². The minimum Gasteiger partial charge on any atom is -0.340 e. The summed E-state index contributed by atoms with van der Waals surface area (Å²) in [5.41, 5.74) is 3.24. The molecule has 0 unspecified atom stereocenters. The van der Waals surface area contributed by atoms with Gasteiger partial charge in [0.1, 0.15) is 5.82 Å². The first-order valence-electron chi connectivity index (χ1n) is 10.3. The molecule has 2 aromatic carbocycles. The molecule has 1 fully saturated rings. The number of rotatable bonds is 5. The highest BCUT2D eigenvalue weighted by atomic mass is 32.2. The zero-order chi connectivity index (χ0) is 22.7. The Morgan fingerprint density at radius 2 is 1.59 bits per heavy atom. The van der Waals surface area contributed by atoms with Crippen LogP contribution >= 0.6 is 0 Å². The Balaban J connectivity index is 1.46. The molecular weight excluding hydrogens is 424 g/mol. The average Bonchev–Trinajstić information content (AvgIpc) is 2.79. The number of benzene rings is 2. The lowest BCUT2D eigenvalue weighted by molar-refractivity contribution is 0.382. The van der Waals surface area contributed by atoms with Gasteiger partial charge in [-0.2, -0.15) is 14.6 Å². The first-order chi connectivity index (χ1) is 15.3. The van der Waals surface area contributed by atoms with E-state index < -0.39 is 10.0 Å². The summed E-state index contributed by atoms with van der Waals surface area (Å²) in [6.07, 6.45) is 0. The van der Waals surface area contributed by atoms with Crippen molar-refractivity contribution in [2.75, 3.05) is 36.4 Å². The van der Waals surface area contributed by atoms with E-state index >= 15 is 0 Å². The molecule has 1 saturated heterocycles. The third kappa shape index (κ3) is 4.72. The summed E-state index contributed by atoms with van der Waals surface area (Å²) < 4.78 is 27.4. The van der Waals surface area contributed by atoms with Crippen molar-refractivity contribution in [2.45, 2.75) is 18.7 Å². The Morgan fingerprint density at radius 3 is 2.22 bits per heavy atom. The summed E-state index contributed by atoms with van der Waals surface area (Å²) in [6, 6.07) is 18.0. The molecular formula is C23H24N6O2S. The quantitative estimate of drug-likeness (QED) is 0.639. The van der Waals surface area contributed by atoms with Crippen molar-refractivity contribution >= 4 is 27.5 Å². The van der Waals surface area contributed by atoms with Gasteiger partial charge in [0.15, 0.2) is 0 Å². The Bertz CT molecular complexity index is 1240. The van der Waals surface area contributed by atoms with E-state index in [1.165, 1.54) is 4.31 Å². The third-order valence-electron chi connectivity index (χ3n) is 5.31. The Labute approximate surface area is 188 Å². The predicted octanol–water partition coefficient (Wildman–Crippen LogP) is 3.22. The van der Waals surface area contributed by atoms with Gasteiger partial charge in [0.05, 0.1) is 16.5 Å². The van der Waals surface area contributed by atoms with Crippen molar-refractivity contribution in [1.82, 2.24) is 14.3 Å². The molecule has 32 heavy (non-hydrogen) atoms. The molecule has 0 atom stereocenters. The van der Waals surface area contributed by atoms with E-state index in [1.54, 1.807) is 24.3 Å². The molecule has 1 N–H and O–H groups in total. The second kappa shape index (κ2) is 8.94. The van der Waals surface area contributed by atoms with Crippen LogP contribution in [-0.4, -0.2) is 48.9 Å². The molecule has 0 amide bonds. The van der Waals surface area contributed by atoms with Gasteiger partial charge in [-0.15, -0.1) is 0 Å². The third-order valence-corrected chi connectivity index (χ3v) is 7.22. The molecule has 0 saturated carbocycles. The van der Waals surface area contributed by atoms with Crippen LogP contribution in [0.4, 0.5) is 17.5 Å². The average molecular weight is 449 g/mol. The lowest BCUT2D eigenvalue weighted by Gasteiger charge is -2.34. The van der Waals surface area contributed by atoms with Gasteiger partial charge in [-0.3, -0.25) is 0 Å². The van der Waals surface area contributed by atoms with Crippen LogP contribution in [0.2, 0.25) is 0 Å². The summed E-state index contributed by atoms with van der Waals surface area (Å²) in [5.74, 6) is 1.21.